The van der Waals surface area contributed by atoms with Crippen LogP contribution in [0.4, 0.5) is 0 Å². The average molecular weight is 345 g/mol. The van der Waals surface area contributed by atoms with Crippen molar-refractivity contribution in [3.8, 4) is 10.4 Å². The number of H-pyrrole nitrogens is 1. The Balaban J connectivity index is 1.67. The van der Waals surface area contributed by atoms with Crippen molar-refractivity contribution in [2.75, 3.05) is 13.1 Å². The molecule has 0 aliphatic carbocycles. The van der Waals surface area contributed by atoms with E-state index in [1.54, 1.807) is 22.7 Å². The number of nitrogens with zero attached hydrogens (tertiary/aromatic N) is 2. The molecule has 0 amide bonds. The number of likely N-dealkylation sites (tertiary alicyclic amines) is 1. The highest BCUT2D eigenvalue weighted by atomic mass is 32.1. The molecule has 23 heavy (non-hydrogen) atoms. The standard InChI is InChI=1S/C17H19N3OS2/c21-16-15-12(13-6-5-9-22-13)11-23-17(15)19-14(18-16)10-20-7-3-1-2-4-8-20/h5-6,9,11H,1-4,7-8,10H2,(H,18,19,21). The Hall–Kier alpha value is -1.50. The molecule has 1 saturated heterocycles. The summed E-state index contributed by atoms with van der Waals surface area (Å²) in [5.74, 6) is 0.795. The summed E-state index contributed by atoms with van der Waals surface area (Å²) in [6.07, 6.45) is 5.12. The van der Waals surface area contributed by atoms with Crippen LogP contribution in [0.2, 0.25) is 0 Å². The van der Waals surface area contributed by atoms with Crippen LogP contribution in [-0.2, 0) is 6.54 Å². The zero-order chi connectivity index (χ0) is 15.6. The molecule has 0 spiro atoms. The lowest BCUT2D eigenvalue weighted by Crippen LogP contribution is -2.26. The third kappa shape index (κ3) is 3.11. The molecule has 1 N–H and O–H groups in total. The normalized spacial score (nSPS) is 16.7. The molecule has 1 aliphatic heterocycles. The van der Waals surface area contributed by atoms with Crippen LogP contribution in [0.5, 0.6) is 0 Å². The number of fused-ring (bicyclic) bond motifs is 1. The van der Waals surface area contributed by atoms with Crippen LogP contribution >= 0.6 is 22.7 Å². The van der Waals surface area contributed by atoms with E-state index in [9.17, 15) is 4.79 Å². The highest BCUT2D eigenvalue weighted by Crippen LogP contribution is 2.33. The first kappa shape index (κ1) is 15.1. The average Bonchev–Trinajstić information content (AvgIpc) is 3.13. The van der Waals surface area contributed by atoms with Gasteiger partial charge >= 0.3 is 0 Å². The fourth-order valence-electron chi connectivity index (χ4n) is 3.19. The summed E-state index contributed by atoms with van der Waals surface area (Å²) in [5, 5.41) is 4.82. The molecule has 3 aromatic heterocycles. The van der Waals surface area contributed by atoms with Gasteiger partial charge in [-0.15, -0.1) is 22.7 Å². The van der Waals surface area contributed by atoms with Crippen LogP contribution in [0.3, 0.4) is 0 Å². The molecule has 0 atom stereocenters. The number of aromatic amines is 1. The Morgan fingerprint density at radius 1 is 1.17 bits per heavy atom. The maximum atomic E-state index is 12.6. The summed E-state index contributed by atoms with van der Waals surface area (Å²) in [6.45, 7) is 2.96. The SMILES string of the molecule is O=c1[nH]c(CN2CCCCCC2)nc2scc(-c3cccs3)c12. The maximum absolute atomic E-state index is 12.6. The number of thiophene rings is 2. The van der Waals surface area contributed by atoms with Gasteiger partial charge in [0.15, 0.2) is 0 Å². The second-order valence-electron chi connectivity index (χ2n) is 6.01. The topological polar surface area (TPSA) is 49.0 Å². The number of hydrogen-bond acceptors (Lipinski definition) is 5. The van der Waals surface area contributed by atoms with Crippen LogP contribution in [0.1, 0.15) is 31.5 Å². The summed E-state index contributed by atoms with van der Waals surface area (Å²) in [7, 11) is 0. The molecule has 0 saturated carbocycles. The Morgan fingerprint density at radius 2 is 2.00 bits per heavy atom. The first-order valence-electron chi connectivity index (χ1n) is 8.08. The fraction of sp³-hybridized carbons (Fsp3) is 0.412. The lowest BCUT2D eigenvalue weighted by molar-refractivity contribution is 0.270. The van der Waals surface area contributed by atoms with E-state index in [0.29, 0.717) is 0 Å². The molecule has 0 aromatic carbocycles. The molecule has 4 rings (SSSR count). The summed E-state index contributed by atoms with van der Waals surface area (Å²) in [4.78, 5) is 24.7. The lowest BCUT2D eigenvalue weighted by Gasteiger charge is -2.18. The molecule has 6 heteroatoms. The molecular formula is C17H19N3OS2. The number of hydrogen-bond donors (Lipinski definition) is 1. The molecule has 4 nitrogen and oxygen atoms in total. The molecular weight excluding hydrogens is 326 g/mol. The predicted octanol–water partition coefficient (Wildman–Crippen LogP) is 4.09. The fourth-order valence-corrected chi connectivity index (χ4v) is 4.97. The van der Waals surface area contributed by atoms with E-state index in [1.165, 1.54) is 25.7 Å². The van der Waals surface area contributed by atoms with E-state index in [1.807, 2.05) is 11.4 Å². The minimum atomic E-state index is -0.00975. The van der Waals surface area contributed by atoms with E-state index < -0.39 is 0 Å². The maximum Gasteiger partial charge on any atom is 0.260 e. The first-order chi connectivity index (χ1) is 11.3. The monoisotopic (exact) mass is 345 g/mol. The highest BCUT2D eigenvalue weighted by Gasteiger charge is 2.15. The zero-order valence-corrected chi connectivity index (χ0v) is 14.5. The molecule has 4 heterocycles. The van der Waals surface area contributed by atoms with Crippen LogP contribution < -0.4 is 5.56 Å². The molecule has 1 aliphatic rings. The largest absolute Gasteiger partial charge is 0.309 e. The van der Waals surface area contributed by atoms with Gasteiger partial charge in [-0.3, -0.25) is 9.69 Å². The van der Waals surface area contributed by atoms with Gasteiger partial charge in [0.25, 0.3) is 5.56 Å². The van der Waals surface area contributed by atoms with Gasteiger partial charge < -0.3 is 4.98 Å². The number of nitrogens with one attached hydrogen (secondary N) is 1. The van der Waals surface area contributed by atoms with Gasteiger partial charge in [0.2, 0.25) is 0 Å². The quantitative estimate of drug-likeness (QED) is 0.778. The van der Waals surface area contributed by atoms with Crippen LogP contribution in [0, 0.1) is 0 Å². The molecule has 0 radical (unpaired) electrons. The van der Waals surface area contributed by atoms with Crippen molar-refractivity contribution >= 4 is 32.9 Å². The second-order valence-corrected chi connectivity index (χ2v) is 7.82. The van der Waals surface area contributed by atoms with Crippen molar-refractivity contribution in [2.45, 2.75) is 32.2 Å². The van der Waals surface area contributed by atoms with Crippen molar-refractivity contribution in [3.63, 3.8) is 0 Å². The Bertz CT molecular complexity index is 842. The van der Waals surface area contributed by atoms with Crippen LogP contribution in [-0.4, -0.2) is 28.0 Å². The van der Waals surface area contributed by atoms with Gasteiger partial charge in [-0.1, -0.05) is 18.9 Å². The van der Waals surface area contributed by atoms with Gasteiger partial charge in [0.1, 0.15) is 10.7 Å². The van der Waals surface area contributed by atoms with E-state index in [4.69, 9.17) is 4.98 Å². The molecule has 0 bridgehead atoms. The van der Waals surface area contributed by atoms with Crippen LogP contribution in [0.25, 0.3) is 20.7 Å². The third-order valence-corrected chi connectivity index (χ3v) is 6.13. The first-order valence-corrected chi connectivity index (χ1v) is 9.84. The smallest absolute Gasteiger partial charge is 0.260 e. The minimum Gasteiger partial charge on any atom is -0.309 e. The van der Waals surface area contributed by atoms with Gasteiger partial charge in [0, 0.05) is 15.8 Å². The van der Waals surface area contributed by atoms with Crippen molar-refractivity contribution in [1.29, 1.82) is 0 Å². The second kappa shape index (κ2) is 6.55. The van der Waals surface area contributed by atoms with Crippen molar-refractivity contribution in [2.24, 2.45) is 0 Å². The minimum absolute atomic E-state index is 0.00975. The number of rotatable bonds is 3. The van der Waals surface area contributed by atoms with Crippen LogP contribution in [0.15, 0.2) is 27.7 Å². The van der Waals surface area contributed by atoms with Gasteiger partial charge in [0.05, 0.1) is 11.9 Å². The molecule has 1 fully saturated rings. The van der Waals surface area contributed by atoms with Crippen molar-refractivity contribution < 1.29 is 0 Å². The third-order valence-electron chi connectivity index (χ3n) is 4.35. The summed E-state index contributed by atoms with van der Waals surface area (Å²) in [6, 6.07) is 4.07. The van der Waals surface area contributed by atoms with E-state index in [0.717, 1.165) is 46.1 Å². The van der Waals surface area contributed by atoms with E-state index in [2.05, 4.69) is 21.3 Å². The van der Waals surface area contributed by atoms with E-state index in [-0.39, 0.29) is 5.56 Å². The molecule has 0 unspecified atom stereocenters. The predicted molar refractivity (Wildman–Crippen MR) is 97.3 cm³/mol. The van der Waals surface area contributed by atoms with Gasteiger partial charge in [-0.25, -0.2) is 4.98 Å². The van der Waals surface area contributed by atoms with Crippen molar-refractivity contribution in [3.05, 3.63) is 39.1 Å². The van der Waals surface area contributed by atoms with Gasteiger partial charge in [-0.2, -0.15) is 0 Å². The lowest BCUT2D eigenvalue weighted by atomic mass is 10.2. The zero-order valence-electron chi connectivity index (χ0n) is 12.9. The van der Waals surface area contributed by atoms with E-state index >= 15 is 0 Å². The Morgan fingerprint density at radius 3 is 2.74 bits per heavy atom. The summed E-state index contributed by atoms with van der Waals surface area (Å²) >= 11 is 3.22. The summed E-state index contributed by atoms with van der Waals surface area (Å²) in [5.41, 5.74) is 1.000. The Kier molecular flexibility index (Phi) is 4.29. The molecule has 3 aromatic rings. The number of aromatic nitrogens is 2. The molecule has 120 valence electrons. The Labute approximate surface area is 142 Å². The van der Waals surface area contributed by atoms with Gasteiger partial charge in [-0.05, 0) is 37.4 Å². The van der Waals surface area contributed by atoms with Crippen molar-refractivity contribution in [1.82, 2.24) is 14.9 Å². The highest BCUT2D eigenvalue weighted by molar-refractivity contribution is 7.18. The summed E-state index contributed by atoms with van der Waals surface area (Å²) < 4.78 is 0.